The molecule has 0 spiro atoms. The van der Waals surface area contributed by atoms with Crippen LogP contribution in [0.1, 0.15) is 36.8 Å². The van der Waals surface area contributed by atoms with Gasteiger partial charge in [-0.15, -0.1) is 11.3 Å². The zero-order valence-corrected chi connectivity index (χ0v) is 19.9. The number of benzene rings is 1. The minimum absolute atomic E-state index is 0.0970. The number of sulfonamides is 2. The average molecular weight is 473 g/mol. The van der Waals surface area contributed by atoms with Gasteiger partial charge in [-0.1, -0.05) is 12.5 Å². The SMILES string of the molecule is COc1cc(C)c(C)cc1S(=O)(=O)NCCC1CCCCN1S(=O)(=O)c1cccs1. The molecule has 3 rings (SSSR count). The predicted molar refractivity (Wildman–Crippen MR) is 118 cm³/mol. The van der Waals surface area contributed by atoms with E-state index in [2.05, 4.69) is 4.72 Å². The van der Waals surface area contributed by atoms with Gasteiger partial charge < -0.3 is 4.74 Å². The molecule has 0 saturated carbocycles. The number of hydrogen-bond acceptors (Lipinski definition) is 6. The van der Waals surface area contributed by atoms with E-state index in [0.29, 0.717) is 22.9 Å². The molecule has 10 heteroatoms. The molecule has 1 aromatic carbocycles. The second kappa shape index (κ2) is 9.35. The molecular formula is C20H28N2O5S3. The van der Waals surface area contributed by atoms with Crippen molar-refractivity contribution in [3.8, 4) is 5.75 Å². The molecule has 1 saturated heterocycles. The van der Waals surface area contributed by atoms with Crippen molar-refractivity contribution < 1.29 is 21.6 Å². The van der Waals surface area contributed by atoms with Crippen LogP contribution in [-0.2, 0) is 20.0 Å². The molecular weight excluding hydrogens is 444 g/mol. The normalized spacial score (nSPS) is 18.4. The second-order valence-electron chi connectivity index (χ2n) is 7.47. The lowest BCUT2D eigenvalue weighted by molar-refractivity contribution is 0.242. The molecule has 1 fully saturated rings. The van der Waals surface area contributed by atoms with Gasteiger partial charge in [0.15, 0.2) is 0 Å². The van der Waals surface area contributed by atoms with E-state index in [9.17, 15) is 16.8 Å². The van der Waals surface area contributed by atoms with Crippen molar-refractivity contribution in [3.05, 3.63) is 40.8 Å². The molecule has 166 valence electrons. The van der Waals surface area contributed by atoms with E-state index in [1.807, 2.05) is 13.8 Å². The van der Waals surface area contributed by atoms with Crippen LogP contribution in [0, 0.1) is 13.8 Å². The summed E-state index contributed by atoms with van der Waals surface area (Å²) >= 11 is 1.20. The Labute approximate surface area is 183 Å². The number of nitrogens with one attached hydrogen (secondary N) is 1. The first-order chi connectivity index (χ1) is 14.2. The largest absolute Gasteiger partial charge is 0.495 e. The van der Waals surface area contributed by atoms with Crippen LogP contribution in [0.25, 0.3) is 0 Å². The highest BCUT2D eigenvalue weighted by Crippen LogP contribution is 2.30. The van der Waals surface area contributed by atoms with Gasteiger partial charge in [-0.2, -0.15) is 4.31 Å². The van der Waals surface area contributed by atoms with Crippen LogP contribution < -0.4 is 9.46 Å². The van der Waals surface area contributed by atoms with Crippen molar-refractivity contribution in [1.29, 1.82) is 0 Å². The predicted octanol–water partition coefficient (Wildman–Crippen LogP) is 3.29. The summed E-state index contributed by atoms with van der Waals surface area (Å²) < 4.78 is 61.4. The van der Waals surface area contributed by atoms with Crippen molar-refractivity contribution in [2.45, 2.75) is 54.7 Å². The van der Waals surface area contributed by atoms with Crippen LogP contribution in [0.3, 0.4) is 0 Å². The van der Waals surface area contributed by atoms with Gasteiger partial charge in [0.25, 0.3) is 10.0 Å². The molecule has 0 aliphatic carbocycles. The van der Waals surface area contributed by atoms with Crippen LogP contribution in [0.15, 0.2) is 38.8 Å². The monoisotopic (exact) mass is 472 g/mol. The van der Waals surface area contributed by atoms with Gasteiger partial charge in [0.1, 0.15) is 14.9 Å². The van der Waals surface area contributed by atoms with Crippen LogP contribution in [-0.4, -0.2) is 47.4 Å². The Morgan fingerprint density at radius 2 is 1.90 bits per heavy atom. The quantitative estimate of drug-likeness (QED) is 0.636. The summed E-state index contributed by atoms with van der Waals surface area (Å²) in [5.41, 5.74) is 1.80. The topological polar surface area (TPSA) is 92.8 Å². The average Bonchev–Trinajstić information content (AvgIpc) is 3.25. The fraction of sp³-hybridized carbons (Fsp3) is 0.500. The Balaban J connectivity index is 1.72. The number of aryl methyl sites for hydroxylation is 2. The molecule has 30 heavy (non-hydrogen) atoms. The van der Waals surface area contributed by atoms with Crippen molar-refractivity contribution in [3.63, 3.8) is 0 Å². The third-order valence-corrected chi connectivity index (χ3v) is 10.3. The lowest BCUT2D eigenvalue weighted by Gasteiger charge is -2.34. The number of thiophene rings is 1. The highest BCUT2D eigenvalue weighted by atomic mass is 32.2. The van der Waals surface area contributed by atoms with Crippen molar-refractivity contribution in [2.24, 2.45) is 0 Å². The third-order valence-electron chi connectivity index (χ3n) is 5.47. The van der Waals surface area contributed by atoms with Crippen LogP contribution >= 0.6 is 11.3 Å². The Hall–Kier alpha value is -1.46. The van der Waals surface area contributed by atoms with E-state index in [-0.39, 0.29) is 17.5 Å². The number of piperidine rings is 1. The molecule has 1 unspecified atom stereocenters. The maximum atomic E-state index is 13.0. The third kappa shape index (κ3) is 4.88. The number of hydrogen-bond donors (Lipinski definition) is 1. The summed E-state index contributed by atoms with van der Waals surface area (Å²) in [4.78, 5) is 0.0970. The Kier molecular flexibility index (Phi) is 7.24. The van der Waals surface area contributed by atoms with E-state index in [1.54, 1.807) is 29.6 Å². The van der Waals surface area contributed by atoms with Crippen LogP contribution in [0.5, 0.6) is 5.75 Å². The van der Waals surface area contributed by atoms with E-state index in [4.69, 9.17) is 4.74 Å². The van der Waals surface area contributed by atoms with E-state index in [0.717, 1.165) is 30.4 Å². The summed E-state index contributed by atoms with van der Waals surface area (Å²) in [5, 5.41) is 1.75. The van der Waals surface area contributed by atoms with E-state index < -0.39 is 20.0 Å². The lowest BCUT2D eigenvalue weighted by Crippen LogP contribution is -2.44. The fourth-order valence-electron chi connectivity index (χ4n) is 3.68. The number of rotatable bonds is 8. The van der Waals surface area contributed by atoms with Crippen molar-refractivity contribution >= 4 is 31.4 Å². The van der Waals surface area contributed by atoms with Gasteiger partial charge >= 0.3 is 0 Å². The maximum Gasteiger partial charge on any atom is 0.252 e. The molecule has 2 aromatic rings. The van der Waals surface area contributed by atoms with Crippen LogP contribution in [0.2, 0.25) is 0 Å². The Bertz CT molecular complexity index is 1080. The fourth-order valence-corrected chi connectivity index (χ4v) is 7.80. The molecule has 0 amide bonds. The van der Waals surface area contributed by atoms with Gasteiger partial charge in [0.2, 0.25) is 10.0 Å². The smallest absolute Gasteiger partial charge is 0.252 e. The molecule has 1 N–H and O–H groups in total. The van der Waals surface area contributed by atoms with E-state index >= 15 is 0 Å². The molecule has 0 bridgehead atoms. The first-order valence-electron chi connectivity index (χ1n) is 9.87. The first kappa shape index (κ1) is 23.2. The maximum absolute atomic E-state index is 13.0. The first-order valence-corrected chi connectivity index (χ1v) is 13.7. The summed E-state index contributed by atoms with van der Waals surface area (Å²) in [5.74, 6) is 0.296. The van der Waals surface area contributed by atoms with Crippen molar-refractivity contribution in [1.82, 2.24) is 9.03 Å². The molecule has 0 radical (unpaired) electrons. The van der Waals surface area contributed by atoms with Crippen molar-refractivity contribution in [2.75, 3.05) is 20.2 Å². The molecule has 1 aromatic heterocycles. The van der Waals surface area contributed by atoms with Gasteiger partial charge in [0.05, 0.1) is 7.11 Å². The summed E-state index contributed by atoms with van der Waals surface area (Å²) in [6, 6.07) is 6.42. The Morgan fingerprint density at radius 1 is 1.17 bits per heavy atom. The number of ether oxygens (including phenoxy) is 1. The molecule has 1 aliphatic rings. The second-order valence-corrected chi connectivity index (χ2v) is 12.3. The summed E-state index contributed by atoms with van der Waals surface area (Å²) in [6.07, 6.45) is 2.88. The molecule has 7 nitrogen and oxygen atoms in total. The highest BCUT2D eigenvalue weighted by molar-refractivity contribution is 7.91. The summed E-state index contributed by atoms with van der Waals surface area (Å²) in [6.45, 7) is 4.36. The van der Waals surface area contributed by atoms with Gasteiger partial charge in [-0.3, -0.25) is 0 Å². The Morgan fingerprint density at radius 3 is 2.57 bits per heavy atom. The van der Waals surface area contributed by atoms with Crippen LogP contribution in [0.4, 0.5) is 0 Å². The zero-order chi connectivity index (χ0) is 21.9. The standard InChI is InChI=1S/C20H28N2O5S3/c1-15-13-18(27-3)19(14-16(15)2)29(23,24)21-10-9-17-7-4-5-11-22(17)30(25,26)20-8-6-12-28-20/h6,8,12-14,17,21H,4-5,7,9-11H2,1-3H3. The number of methoxy groups -OCH3 is 1. The number of nitrogens with zero attached hydrogens (tertiary/aromatic N) is 1. The molecule has 1 atom stereocenters. The van der Waals surface area contributed by atoms with E-state index in [1.165, 1.54) is 22.8 Å². The minimum atomic E-state index is -3.78. The lowest BCUT2D eigenvalue weighted by atomic mass is 10.0. The minimum Gasteiger partial charge on any atom is -0.495 e. The summed E-state index contributed by atoms with van der Waals surface area (Å²) in [7, 11) is -5.89. The van der Waals surface area contributed by atoms with Gasteiger partial charge in [0, 0.05) is 19.1 Å². The zero-order valence-electron chi connectivity index (χ0n) is 17.4. The van der Waals surface area contributed by atoms with Gasteiger partial charge in [-0.05, 0) is 67.8 Å². The van der Waals surface area contributed by atoms with Gasteiger partial charge in [-0.25, -0.2) is 21.6 Å². The molecule has 2 heterocycles. The molecule has 1 aliphatic heterocycles. The highest BCUT2D eigenvalue weighted by Gasteiger charge is 2.34.